The van der Waals surface area contributed by atoms with Crippen molar-refractivity contribution >= 4 is 22.3 Å². The summed E-state index contributed by atoms with van der Waals surface area (Å²) in [6, 6.07) is 3.41. The second kappa shape index (κ2) is 4.84. The first-order chi connectivity index (χ1) is 10.3. The van der Waals surface area contributed by atoms with E-state index in [1.54, 1.807) is 12.3 Å². The summed E-state index contributed by atoms with van der Waals surface area (Å²) in [5.74, 6) is -1.70. The zero-order chi connectivity index (χ0) is 16.1. The van der Waals surface area contributed by atoms with Gasteiger partial charge in [0.05, 0.1) is 5.39 Å². The molecule has 0 unspecified atom stereocenters. The van der Waals surface area contributed by atoms with Gasteiger partial charge in [-0.3, -0.25) is 4.79 Å². The summed E-state index contributed by atoms with van der Waals surface area (Å²) < 4.78 is 44.6. The summed E-state index contributed by atoms with van der Waals surface area (Å²) in [7, 11) is 0. The number of rotatable bonds is 1. The fourth-order valence-corrected chi connectivity index (χ4v) is 2.88. The number of aromatic nitrogens is 1. The number of benzene rings is 1. The van der Waals surface area contributed by atoms with E-state index in [1.165, 1.54) is 12.1 Å². The van der Waals surface area contributed by atoms with E-state index < -0.39 is 22.9 Å². The lowest BCUT2D eigenvalue weighted by atomic mass is 10.1. The zero-order valence-electron chi connectivity index (χ0n) is 11.1. The number of nitrogens with zero attached hydrogens (tertiary/aromatic N) is 1. The molecule has 3 rings (SSSR count). The van der Waals surface area contributed by atoms with Gasteiger partial charge in [-0.1, -0.05) is 0 Å². The number of alkyl halides is 3. The average molecular weight is 327 g/mol. The van der Waals surface area contributed by atoms with Crippen molar-refractivity contribution in [3.05, 3.63) is 45.3 Å². The second-order valence-electron chi connectivity index (χ2n) is 4.61. The van der Waals surface area contributed by atoms with Crippen molar-refractivity contribution in [3.63, 3.8) is 0 Å². The van der Waals surface area contributed by atoms with Crippen molar-refractivity contribution in [1.29, 1.82) is 0 Å². The predicted molar refractivity (Wildman–Crippen MR) is 75.0 cm³/mol. The molecule has 114 valence electrons. The SMILES string of the molecule is Cc1csc(-c2c(C(F)(F)F)oc3cc(O)ccc3c2=O)n1. The number of phenolic OH excluding ortho intramolecular Hbond substituents is 1. The lowest BCUT2D eigenvalue weighted by Gasteiger charge is -2.11. The van der Waals surface area contributed by atoms with Gasteiger partial charge in [-0.05, 0) is 19.1 Å². The van der Waals surface area contributed by atoms with Crippen LogP contribution in [0.1, 0.15) is 11.5 Å². The monoisotopic (exact) mass is 327 g/mol. The first kappa shape index (κ1) is 14.6. The van der Waals surface area contributed by atoms with Crippen molar-refractivity contribution in [2.75, 3.05) is 0 Å². The van der Waals surface area contributed by atoms with E-state index in [0.29, 0.717) is 5.69 Å². The van der Waals surface area contributed by atoms with E-state index in [-0.39, 0.29) is 21.7 Å². The molecule has 0 saturated carbocycles. The Bertz CT molecular complexity index is 927. The van der Waals surface area contributed by atoms with E-state index in [4.69, 9.17) is 4.42 Å². The molecular weight excluding hydrogens is 319 g/mol. The molecule has 0 aliphatic rings. The molecule has 0 radical (unpaired) electrons. The third-order valence-electron chi connectivity index (χ3n) is 2.97. The van der Waals surface area contributed by atoms with Gasteiger partial charge in [0, 0.05) is 17.1 Å². The van der Waals surface area contributed by atoms with Crippen LogP contribution in [0.25, 0.3) is 21.5 Å². The molecule has 0 atom stereocenters. The first-order valence-electron chi connectivity index (χ1n) is 6.07. The van der Waals surface area contributed by atoms with Crippen LogP contribution in [-0.2, 0) is 6.18 Å². The maximum Gasteiger partial charge on any atom is 0.450 e. The zero-order valence-corrected chi connectivity index (χ0v) is 11.9. The number of hydrogen-bond acceptors (Lipinski definition) is 5. The number of fused-ring (bicyclic) bond motifs is 1. The van der Waals surface area contributed by atoms with Gasteiger partial charge in [-0.2, -0.15) is 13.2 Å². The van der Waals surface area contributed by atoms with Crippen LogP contribution in [0.3, 0.4) is 0 Å². The van der Waals surface area contributed by atoms with Gasteiger partial charge in [0.25, 0.3) is 0 Å². The normalized spacial score (nSPS) is 12.0. The van der Waals surface area contributed by atoms with Gasteiger partial charge in [0.2, 0.25) is 11.2 Å². The molecule has 0 bridgehead atoms. The fraction of sp³-hybridized carbons (Fsp3) is 0.143. The molecule has 0 fully saturated rings. The van der Waals surface area contributed by atoms with Gasteiger partial charge in [-0.25, -0.2) is 4.98 Å². The van der Waals surface area contributed by atoms with Crippen molar-refractivity contribution < 1.29 is 22.7 Å². The lowest BCUT2D eigenvalue weighted by Crippen LogP contribution is -2.16. The Morgan fingerprint density at radius 1 is 1.32 bits per heavy atom. The molecule has 0 spiro atoms. The number of aryl methyl sites for hydroxylation is 1. The third kappa shape index (κ3) is 2.35. The first-order valence-corrected chi connectivity index (χ1v) is 6.95. The number of phenols is 1. The Balaban J connectivity index is 2.45. The largest absolute Gasteiger partial charge is 0.508 e. The molecule has 4 nitrogen and oxygen atoms in total. The molecule has 22 heavy (non-hydrogen) atoms. The molecular formula is C14H8F3NO3S. The highest BCUT2D eigenvalue weighted by Crippen LogP contribution is 2.38. The number of thiazole rings is 1. The topological polar surface area (TPSA) is 63.3 Å². The molecule has 0 saturated heterocycles. The Morgan fingerprint density at radius 2 is 2.05 bits per heavy atom. The number of halogens is 3. The van der Waals surface area contributed by atoms with E-state index in [2.05, 4.69) is 4.98 Å². The van der Waals surface area contributed by atoms with Crippen molar-refractivity contribution in [2.45, 2.75) is 13.1 Å². The highest BCUT2D eigenvalue weighted by molar-refractivity contribution is 7.13. The molecule has 8 heteroatoms. The highest BCUT2D eigenvalue weighted by atomic mass is 32.1. The van der Waals surface area contributed by atoms with Crippen LogP contribution in [0.2, 0.25) is 0 Å². The Kier molecular flexibility index (Phi) is 3.21. The third-order valence-corrected chi connectivity index (χ3v) is 3.94. The standard InChI is InChI=1S/C14H8F3NO3S/c1-6-5-22-13(18-6)10-11(20)8-3-2-7(19)4-9(8)21-12(10)14(15,16)17/h2-5,19H,1H3. The van der Waals surface area contributed by atoms with Crippen LogP contribution >= 0.6 is 11.3 Å². The van der Waals surface area contributed by atoms with Crippen molar-refractivity contribution in [3.8, 4) is 16.3 Å². The minimum atomic E-state index is -4.85. The minimum Gasteiger partial charge on any atom is -0.508 e. The van der Waals surface area contributed by atoms with E-state index in [1.807, 2.05) is 0 Å². The minimum absolute atomic E-state index is 0.0475. The average Bonchev–Trinajstić information content (AvgIpc) is 2.83. The quantitative estimate of drug-likeness (QED) is 0.735. The van der Waals surface area contributed by atoms with Crippen LogP contribution in [0.5, 0.6) is 5.75 Å². The number of aromatic hydroxyl groups is 1. The molecule has 1 aromatic carbocycles. The highest BCUT2D eigenvalue weighted by Gasteiger charge is 2.40. The van der Waals surface area contributed by atoms with E-state index in [0.717, 1.165) is 17.4 Å². The number of hydrogen-bond donors (Lipinski definition) is 1. The summed E-state index contributed by atoms with van der Waals surface area (Å²) in [4.78, 5) is 16.4. The van der Waals surface area contributed by atoms with Gasteiger partial charge >= 0.3 is 6.18 Å². The lowest BCUT2D eigenvalue weighted by molar-refractivity contribution is -0.152. The van der Waals surface area contributed by atoms with E-state index in [9.17, 15) is 23.1 Å². The molecule has 0 aliphatic heterocycles. The molecule has 2 aromatic heterocycles. The fourth-order valence-electron chi connectivity index (χ4n) is 2.04. The molecule has 0 aliphatic carbocycles. The van der Waals surface area contributed by atoms with Crippen LogP contribution < -0.4 is 5.43 Å². The van der Waals surface area contributed by atoms with Gasteiger partial charge in [0.15, 0.2) is 0 Å². The van der Waals surface area contributed by atoms with Gasteiger partial charge < -0.3 is 9.52 Å². The summed E-state index contributed by atoms with van der Waals surface area (Å²) in [6.45, 7) is 1.62. The van der Waals surface area contributed by atoms with Crippen LogP contribution in [0.4, 0.5) is 13.2 Å². The Labute approximate surface area is 125 Å². The molecule has 3 aromatic rings. The van der Waals surface area contributed by atoms with Crippen LogP contribution in [0, 0.1) is 6.92 Å². The van der Waals surface area contributed by atoms with E-state index >= 15 is 0 Å². The van der Waals surface area contributed by atoms with Crippen LogP contribution in [0.15, 0.2) is 32.8 Å². The summed E-state index contributed by atoms with van der Waals surface area (Å²) >= 11 is 0.938. The summed E-state index contributed by atoms with van der Waals surface area (Å²) in [6.07, 6.45) is -4.85. The van der Waals surface area contributed by atoms with Crippen LogP contribution in [-0.4, -0.2) is 10.1 Å². The second-order valence-corrected chi connectivity index (χ2v) is 5.47. The molecule has 0 amide bonds. The molecule has 2 heterocycles. The predicted octanol–water partition coefficient (Wildman–Crippen LogP) is 3.95. The Hall–Kier alpha value is -2.35. The van der Waals surface area contributed by atoms with Gasteiger partial charge in [-0.15, -0.1) is 11.3 Å². The Morgan fingerprint density at radius 3 is 2.64 bits per heavy atom. The molecule has 1 N–H and O–H groups in total. The summed E-state index contributed by atoms with van der Waals surface area (Å²) in [5, 5.41) is 10.8. The maximum atomic E-state index is 13.2. The van der Waals surface area contributed by atoms with Crippen molar-refractivity contribution in [1.82, 2.24) is 4.98 Å². The maximum absolute atomic E-state index is 13.2. The van der Waals surface area contributed by atoms with Gasteiger partial charge in [0.1, 0.15) is 21.9 Å². The summed E-state index contributed by atoms with van der Waals surface area (Å²) in [5.41, 5.74) is -1.25. The smallest absolute Gasteiger partial charge is 0.450 e. The van der Waals surface area contributed by atoms with Crippen molar-refractivity contribution in [2.24, 2.45) is 0 Å².